The number of rotatable bonds is 6. The third-order valence-electron chi connectivity index (χ3n) is 5.11. The molecule has 1 amide bonds. The number of aryl methyl sites for hydroxylation is 1. The van der Waals surface area contributed by atoms with Crippen LogP contribution in [0.4, 0.5) is 0 Å². The Morgan fingerprint density at radius 1 is 1.10 bits per heavy atom. The minimum absolute atomic E-state index is 0.00225. The Labute approximate surface area is 179 Å². The van der Waals surface area contributed by atoms with Gasteiger partial charge in [-0.1, -0.05) is 0 Å². The van der Waals surface area contributed by atoms with E-state index in [-0.39, 0.29) is 17.9 Å². The van der Waals surface area contributed by atoms with Crippen molar-refractivity contribution in [2.24, 2.45) is 0 Å². The van der Waals surface area contributed by atoms with Crippen LogP contribution in [0.2, 0.25) is 0 Å². The molecule has 2 aromatic heterocycles. The van der Waals surface area contributed by atoms with Gasteiger partial charge in [0.05, 0.1) is 12.2 Å². The van der Waals surface area contributed by atoms with Gasteiger partial charge in [0.15, 0.2) is 0 Å². The summed E-state index contributed by atoms with van der Waals surface area (Å²) in [5.74, 6) is 0.0136. The Hall–Kier alpha value is -3.87. The van der Waals surface area contributed by atoms with E-state index in [9.17, 15) is 14.7 Å². The van der Waals surface area contributed by atoms with E-state index in [0.717, 1.165) is 5.56 Å². The van der Waals surface area contributed by atoms with Gasteiger partial charge in [0, 0.05) is 24.5 Å². The van der Waals surface area contributed by atoms with E-state index in [4.69, 9.17) is 9.15 Å². The van der Waals surface area contributed by atoms with Crippen molar-refractivity contribution in [2.45, 2.75) is 26.4 Å². The second kappa shape index (κ2) is 8.47. The van der Waals surface area contributed by atoms with E-state index >= 15 is 0 Å². The molecule has 1 atom stereocenters. The molecule has 1 aliphatic rings. The number of furan rings is 1. The first kappa shape index (κ1) is 20.4. The average molecular weight is 418 g/mol. The van der Waals surface area contributed by atoms with Gasteiger partial charge >= 0.3 is 0 Å². The lowest BCUT2D eigenvalue weighted by Crippen LogP contribution is -2.29. The summed E-state index contributed by atoms with van der Waals surface area (Å²) >= 11 is 0. The second-order valence-electron chi connectivity index (χ2n) is 7.19. The third-order valence-corrected chi connectivity index (χ3v) is 5.11. The molecule has 0 saturated carbocycles. The summed E-state index contributed by atoms with van der Waals surface area (Å²) in [5, 5.41) is 11.0. The van der Waals surface area contributed by atoms with Crippen molar-refractivity contribution < 1.29 is 23.8 Å². The number of aromatic nitrogens is 1. The van der Waals surface area contributed by atoms with Crippen molar-refractivity contribution in [3.8, 4) is 5.75 Å². The molecule has 0 radical (unpaired) electrons. The molecule has 1 N–H and O–H groups in total. The van der Waals surface area contributed by atoms with Gasteiger partial charge < -0.3 is 19.2 Å². The van der Waals surface area contributed by atoms with Crippen LogP contribution in [0.1, 0.15) is 35.6 Å². The molecule has 1 aliphatic heterocycles. The molecule has 7 nitrogen and oxygen atoms in total. The molecule has 4 rings (SSSR count). The van der Waals surface area contributed by atoms with Crippen LogP contribution >= 0.6 is 0 Å². The van der Waals surface area contributed by atoms with E-state index in [1.54, 1.807) is 67.8 Å². The summed E-state index contributed by atoms with van der Waals surface area (Å²) < 4.78 is 11.2. The first-order valence-corrected chi connectivity index (χ1v) is 9.96. The number of pyridine rings is 1. The summed E-state index contributed by atoms with van der Waals surface area (Å²) in [5.41, 5.74) is 1.22. The molecule has 1 unspecified atom stereocenters. The number of likely N-dealkylation sites (tertiary alicyclic amines) is 1. The van der Waals surface area contributed by atoms with E-state index in [0.29, 0.717) is 29.4 Å². The van der Waals surface area contributed by atoms with Crippen LogP contribution in [0.15, 0.2) is 70.9 Å². The van der Waals surface area contributed by atoms with E-state index in [2.05, 4.69) is 4.98 Å². The highest BCUT2D eigenvalue weighted by atomic mass is 16.5. The van der Waals surface area contributed by atoms with Crippen molar-refractivity contribution in [3.05, 3.63) is 89.1 Å². The number of ketones is 1. The van der Waals surface area contributed by atoms with E-state index in [1.165, 1.54) is 4.90 Å². The van der Waals surface area contributed by atoms with Crippen molar-refractivity contribution in [1.82, 2.24) is 9.88 Å². The molecular weight excluding hydrogens is 396 g/mol. The molecule has 7 heteroatoms. The molecule has 0 spiro atoms. The van der Waals surface area contributed by atoms with Gasteiger partial charge in [-0.05, 0) is 67.9 Å². The number of aliphatic hydroxyl groups excluding tert-OH is 1. The van der Waals surface area contributed by atoms with E-state index in [1.807, 2.05) is 6.92 Å². The van der Waals surface area contributed by atoms with Crippen molar-refractivity contribution in [2.75, 3.05) is 6.61 Å². The number of hydrogen-bond donors (Lipinski definition) is 1. The van der Waals surface area contributed by atoms with Crippen LogP contribution in [-0.2, 0) is 16.1 Å². The fraction of sp³-hybridized carbons (Fsp3) is 0.208. The van der Waals surface area contributed by atoms with Gasteiger partial charge in [0.2, 0.25) is 0 Å². The molecule has 3 heterocycles. The second-order valence-corrected chi connectivity index (χ2v) is 7.19. The Morgan fingerprint density at radius 3 is 2.42 bits per heavy atom. The highest BCUT2D eigenvalue weighted by Gasteiger charge is 2.47. The lowest BCUT2D eigenvalue weighted by Gasteiger charge is -2.23. The number of ether oxygens (including phenoxy) is 1. The SMILES string of the molecule is CCOc1ccc(/C(O)=C2/C(=O)C(=O)N(Cc3ccncc3)C2c2ccc(C)o2)cc1. The third kappa shape index (κ3) is 3.94. The normalized spacial score (nSPS) is 17.9. The van der Waals surface area contributed by atoms with Crippen molar-refractivity contribution in [1.29, 1.82) is 0 Å². The average Bonchev–Trinajstić information content (AvgIpc) is 3.31. The van der Waals surface area contributed by atoms with Crippen molar-refractivity contribution >= 4 is 17.4 Å². The number of nitrogens with zero attached hydrogens (tertiary/aromatic N) is 2. The van der Waals surface area contributed by atoms with Crippen LogP contribution in [0.5, 0.6) is 5.75 Å². The number of Topliss-reactive ketones (excluding diaryl/α,β-unsaturated/α-hetero) is 1. The molecule has 158 valence electrons. The highest BCUT2D eigenvalue weighted by molar-refractivity contribution is 6.46. The largest absolute Gasteiger partial charge is 0.507 e. The predicted octanol–water partition coefficient (Wildman–Crippen LogP) is 4.00. The maximum atomic E-state index is 13.0. The molecule has 1 aromatic carbocycles. The zero-order valence-corrected chi connectivity index (χ0v) is 17.2. The number of carbonyl (C=O) groups is 2. The number of carbonyl (C=O) groups excluding carboxylic acids is 2. The summed E-state index contributed by atoms with van der Waals surface area (Å²) in [4.78, 5) is 31.3. The zero-order valence-electron chi connectivity index (χ0n) is 17.2. The molecular formula is C24H22N2O5. The summed E-state index contributed by atoms with van der Waals surface area (Å²) in [6, 6.07) is 12.9. The van der Waals surface area contributed by atoms with Crippen LogP contribution in [0.3, 0.4) is 0 Å². The summed E-state index contributed by atoms with van der Waals surface area (Å²) in [7, 11) is 0. The summed E-state index contributed by atoms with van der Waals surface area (Å²) in [6.07, 6.45) is 3.25. The lowest BCUT2D eigenvalue weighted by molar-refractivity contribution is -0.140. The molecule has 0 aliphatic carbocycles. The van der Waals surface area contributed by atoms with Gasteiger partial charge in [-0.2, -0.15) is 0 Å². The molecule has 1 saturated heterocycles. The fourth-order valence-electron chi connectivity index (χ4n) is 3.66. The summed E-state index contributed by atoms with van der Waals surface area (Å²) in [6.45, 7) is 4.36. The maximum absolute atomic E-state index is 13.0. The van der Waals surface area contributed by atoms with Gasteiger partial charge in [-0.15, -0.1) is 0 Å². The van der Waals surface area contributed by atoms with Crippen LogP contribution in [-0.4, -0.2) is 33.3 Å². The monoisotopic (exact) mass is 418 g/mol. The minimum Gasteiger partial charge on any atom is -0.507 e. The quantitative estimate of drug-likeness (QED) is 0.369. The van der Waals surface area contributed by atoms with Crippen molar-refractivity contribution in [3.63, 3.8) is 0 Å². The van der Waals surface area contributed by atoms with Crippen LogP contribution in [0.25, 0.3) is 5.76 Å². The topological polar surface area (TPSA) is 92.9 Å². The van der Waals surface area contributed by atoms with Gasteiger partial charge in [0.1, 0.15) is 29.1 Å². The lowest BCUT2D eigenvalue weighted by atomic mass is 9.99. The Kier molecular flexibility index (Phi) is 5.58. The van der Waals surface area contributed by atoms with E-state index < -0.39 is 17.7 Å². The smallest absolute Gasteiger partial charge is 0.296 e. The highest BCUT2D eigenvalue weighted by Crippen LogP contribution is 2.40. The number of hydrogen-bond acceptors (Lipinski definition) is 6. The van der Waals surface area contributed by atoms with Crippen LogP contribution in [0, 0.1) is 6.92 Å². The zero-order chi connectivity index (χ0) is 22.0. The Balaban J connectivity index is 1.80. The molecule has 3 aromatic rings. The van der Waals surface area contributed by atoms with Gasteiger partial charge in [-0.3, -0.25) is 14.6 Å². The molecule has 31 heavy (non-hydrogen) atoms. The maximum Gasteiger partial charge on any atom is 0.296 e. The molecule has 1 fully saturated rings. The van der Waals surface area contributed by atoms with Crippen LogP contribution < -0.4 is 4.74 Å². The predicted molar refractivity (Wildman–Crippen MR) is 113 cm³/mol. The number of aliphatic hydroxyl groups is 1. The standard InChI is InChI=1S/C24H22N2O5/c1-3-30-18-7-5-17(6-8-18)22(27)20-21(19-9-4-15(2)31-19)26(24(29)23(20)28)14-16-10-12-25-13-11-16/h4-13,21,27H,3,14H2,1-2H3/b22-20-. The molecule has 0 bridgehead atoms. The Bertz CT molecular complexity index is 1130. The van der Waals surface area contributed by atoms with Gasteiger partial charge in [-0.25, -0.2) is 0 Å². The van der Waals surface area contributed by atoms with Gasteiger partial charge in [0.25, 0.3) is 11.7 Å². The first-order valence-electron chi connectivity index (χ1n) is 9.96. The number of benzene rings is 1. The fourth-order valence-corrected chi connectivity index (χ4v) is 3.66. The minimum atomic E-state index is -0.839. The Morgan fingerprint density at radius 2 is 1.81 bits per heavy atom. The first-order chi connectivity index (χ1) is 15.0. The number of amides is 1.